The molecule has 0 saturated carbocycles. The molecule has 1 N–H and O–H groups in total. The van der Waals surface area contributed by atoms with E-state index < -0.39 is 0 Å². The minimum absolute atomic E-state index is 0.829. The first-order chi connectivity index (χ1) is 5.24. The fourth-order valence-corrected chi connectivity index (χ4v) is 1.72. The summed E-state index contributed by atoms with van der Waals surface area (Å²) in [5, 5.41) is 3.79. The molecular formula is C7H11BrN2S. The lowest BCUT2D eigenvalue weighted by Crippen LogP contribution is -2.40. The van der Waals surface area contributed by atoms with Gasteiger partial charge in [0.2, 0.25) is 0 Å². The third-order valence-corrected chi connectivity index (χ3v) is 2.64. The molecule has 0 aromatic rings. The van der Waals surface area contributed by atoms with E-state index in [1.807, 2.05) is 7.05 Å². The molecule has 0 spiro atoms. The molecule has 0 atom stereocenters. The molecule has 2 nitrogen and oxygen atoms in total. The van der Waals surface area contributed by atoms with Gasteiger partial charge in [-0.2, -0.15) is 0 Å². The van der Waals surface area contributed by atoms with Crippen LogP contribution in [0.1, 0.15) is 6.42 Å². The summed E-state index contributed by atoms with van der Waals surface area (Å²) in [4.78, 5) is 2.14. The van der Waals surface area contributed by atoms with Crippen molar-refractivity contribution in [1.29, 1.82) is 0 Å². The van der Waals surface area contributed by atoms with Crippen molar-refractivity contribution in [3.63, 3.8) is 0 Å². The zero-order valence-electron chi connectivity index (χ0n) is 6.43. The number of hydrogen-bond acceptors (Lipinski definition) is 1. The van der Waals surface area contributed by atoms with Crippen LogP contribution in [0.15, 0.2) is 10.6 Å². The standard InChI is InChI=1S/C7H11BrN2S/c1-9-7(11)10-4-2-3-6(8)5-10/h3H,2,4-5H2,1H3,(H,9,11). The number of rotatable bonds is 0. The van der Waals surface area contributed by atoms with E-state index in [1.165, 1.54) is 4.48 Å². The highest BCUT2D eigenvalue weighted by Crippen LogP contribution is 2.14. The maximum atomic E-state index is 5.09. The molecule has 4 heteroatoms. The molecule has 0 aromatic heterocycles. The third-order valence-electron chi connectivity index (χ3n) is 1.61. The van der Waals surface area contributed by atoms with Crippen LogP contribution in [0.5, 0.6) is 0 Å². The van der Waals surface area contributed by atoms with Crippen LogP contribution < -0.4 is 5.32 Å². The Morgan fingerprint density at radius 2 is 2.55 bits per heavy atom. The number of hydrogen-bond donors (Lipinski definition) is 1. The van der Waals surface area contributed by atoms with Crippen LogP contribution in [0.25, 0.3) is 0 Å². The van der Waals surface area contributed by atoms with E-state index >= 15 is 0 Å². The maximum Gasteiger partial charge on any atom is 0.169 e. The van der Waals surface area contributed by atoms with Gasteiger partial charge in [-0.15, -0.1) is 0 Å². The van der Waals surface area contributed by atoms with E-state index in [-0.39, 0.29) is 0 Å². The lowest BCUT2D eigenvalue weighted by Gasteiger charge is -2.27. The van der Waals surface area contributed by atoms with Gasteiger partial charge in [0.25, 0.3) is 0 Å². The molecule has 1 rings (SSSR count). The Hall–Kier alpha value is -0.0900. The third kappa shape index (κ3) is 2.45. The molecule has 0 radical (unpaired) electrons. The van der Waals surface area contributed by atoms with Crippen molar-refractivity contribution in [2.24, 2.45) is 0 Å². The van der Waals surface area contributed by atoms with Crippen LogP contribution in [0.2, 0.25) is 0 Å². The normalized spacial score (nSPS) is 17.6. The highest BCUT2D eigenvalue weighted by molar-refractivity contribution is 9.11. The predicted molar refractivity (Wildman–Crippen MR) is 54.9 cm³/mol. The smallest absolute Gasteiger partial charge is 0.169 e. The summed E-state index contributed by atoms with van der Waals surface area (Å²) in [6.07, 6.45) is 3.26. The van der Waals surface area contributed by atoms with Crippen LogP contribution >= 0.6 is 28.1 Å². The van der Waals surface area contributed by atoms with Gasteiger partial charge >= 0.3 is 0 Å². The molecule has 11 heavy (non-hydrogen) atoms. The van der Waals surface area contributed by atoms with Crippen LogP contribution in [-0.4, -0.2) is 30.1 Å². The highest BCUT2D eigenvalue weighted by atomic mass is 79.9. The summed E-state index contributed by atoms with van der Waals surface area (Å²) in [6, 6.07) is 0. The molecule has 0 bridgehead atoms. The lowest BCUT2D eigenvalue weighted by atomic mass is 10.3. The second-order valence-corrected chi connectivity index (χ2v) is 3.82. The maximum absolute atomic E-state index is 5.09. The van der Waals surface area contributed by atoms with Crippen LogP contribution in [0, 0.1) is 0 Å². The molecule has 1 aliphatic rings. The van der Waals surface area contributed by atoms with E-state index in [4.69, 9.17) is 12.2 Å². The molecule has 0 fully saturated rings. The molecule has 62 valence electrons. The molecular weight excluding hydrogens is 224 g/mol. The largest absolute Gasteiger partial charge is 0.366 e. The van der Waals surface area contributed by atoms with E-state index in [0.717, 1.165) is 24.6 Å². The topological polar surface area (TPSA) is 15.3 Å². The Morgan fingerprint density at radius 3 is 3.09 bits per heavy atom. The number of nitrogens with zero attached hydrogens (tertiary/aromatic N) is 1. The number of halogens is 1. The highest BCUT2D eigenvalue weighted by Gasteiger charge is 2.11. The molecule has 0 unspecified atom stereocenters. The molecule has 1 aliphatic heterocycles. The molecule has 0 amide bonds. The summed E-state index contributed by atoms with van der Waals surface area (Å²) in [5.41, 5.74) is 0. The first-order valence-corrected chi connectivity index (χ1v) is 4.75. The molecule has 0 aromatic carbocycles. The van der Waals surface area contributed by atoms with Crippen molar-refractivity contribution >= 4 is 33.3 Å². The summed E-state index contributed by atoms with van der Waals surface area (Å²) in [6.45, 7) is 1.93. The summed E-state index contributed by atoms with van der Waals surface area (Å²) < 4.78 is 1.22. The fraction of sp³-hybridized carbons (Fsp3) is 0.571. The predicted octanol–water partition coefficient (Wildman–Crippen LogP) is 1.48. The van der Waals surface area contributed by atoms with E-state index in [0.29, 0.717) is 0 Å². The van der Waals surface area contributed by atoms with Crippen LogP contribution in [-0.2, 0) is 0 Å². The Balaban J connectivity index is 2.50. The summed E-state index contributed by atoms with van der Waals surface area (Å²) >= 11 is 8.55. The molecule has 0 saturated heterocycles. The molecule has 0 aliphatic carbocycles. The van der Waals surface area contributed by atoms with E-state index in [9.17, 15) is 0 Å². The van der Waals surface area contributed by atoms with Crippen molar-refractivity contribution in [2.75, 3.05) is 20.1 Å². The first-order valence-electron chi connectivity index (χ1n) is 3.55. The minimum atomic E-state index is 0.829. The average Bonchev–Trinajstić information content (AvgIpc) is 2.03. The first kappa shape index (κ1) is 9.00. The zero-order chi connectivity index (χ0) is 8.27. The number of thiocarbonyl (C=S) groups is 1. The van der Waals surface area contributed by atoms with Crippen LogP contribution in [0.4, 0.5) is 0 Å². The van der Waals surface area contributed by atoms with Gasteiger partial charge in [0.15, 0.2) is 5.11 Å². The fourth-order valence-electron chi connectivity index (χ4n) is 1.03. The minimum Gasteiger partial charge on any atom is -0.366 e. The van der Waals surface area contributed by atoms with E-state index in [2.05, 4.69) is 32.2 Å². The van der Waals surface area contributed by atoms with Crippen molar-refractivity contribution in [3.05, 3.63) is 10.6 Å². The van der Waals surface area contributed by atoms with E-state index in [1.54, 1.807) is 0 Å². The SMILES string of the molecule is CNC(=S)N1CCC=C(Br)C1. The Kier molecular flexibility index (Phi) is 3.33. The van der Waals surface area contributed by atoms with Gasteiger partial charge in [0.05, 0.1) is 6.54 Å². The zero-order valence-corrected chi connectivity index (χ0v) is 8.83. The van der Waals surface area contributed by atoms with Gasteiger partial charge < -0.3 is 10.2 Å². The number of nitrogens with one attached hydrogen (secondary N) is 1. The Morgan fingerprint density at radius 1 is 1.82 bits per heavy atom. The lowest BCUT2D eigenvalue weighted by molar-refractivity contribution is 0.447. The average molecular weight is 235 g/mol. The van der Waals surface area contributed by atoms with Gasteiger partial charge in [0, 0.05) is 18.1 Å². The Bertz CT molecular complexity index is 191. The van der Waals surface area contributed by atoms with Gasteiger partial charge in [0.1, 0.15) is 0 Å². The Labute approximate surface area is 80.8 Å². The van der Waals surface area contributed by atoms with Gasteiger partial charge in [-0.25, -0.2) is 0 Å². The second kappa shape index (κ2) is 4.07. The van der Waals surface area contributed by atoms with Crippen molar-refractivity contribution in [3.8, 4) is 0 Å². The van der Waals surface area contributed by atoms with Gasteiger partial charge in [-0.1, -0.05) is 22.0 Å². The van der Waals surface area contributed by atoms with Crippen molar-refractivity contribution in [2.45, 2.75) is 6.42 Å². The monoisotopic (exact) mass is 234 g/mol. The quantitative estimate of drug-likeness (QED) is 0.640. The van der Waals surface area contributed by atoms with Gasteiger partial charge in [-0.3, -0.25) is 0 Å². The van der Waals surface area contributed by atoms with Crippen molar-refractivity contribution in [1.82, 2.24) is 10.2 Å². The van der Waals surface area contributed by atoms with Crippen LogP contribution in [0.3, 0.4) is 0 Å². The van der Waals surface area contributed by atoms with Gasteiger partial charge in [-0.05, 0) is 18.6 Å². The molecule has 1 heterocycles. The van der Waals surface area contributed by atoms with Crippen molar-refractivity contribution < 1.29 is 0 Å². The summed E-state index contributed by atoms with van der Waals surface area (Å²) in [7, 11) is 1.86. The summed E-state index contributed by atoms with van der Waals surface area (Å²) in [5.74, 6) is 0. The second-order valence-electron chi connectivity index (χ2n) is 2.42.